The van der Waals surface area contributed by atoms with Crippen LogP contribution < -0.4 is 4.90 Å². The van der Waals surface area contributed by atoms with Crippen molar-refractivity contribution in [1.82, 2.24) is 9.88 Å². The summed E-state index contributed by atoms with van der Waals surface area (Å²) in [4.78, 5) is 33.3. The van der Waals surface area contributed by atoms with Gasteiger partial charge in [-0.25, -0.2) is 9.18 Å². The van der Waals surface area contributed by atoms with E-state index in [1.165, 1.54) is 6.07 Å². The maximum atomic E-state index is 14.0. The molecule has 3 aromatic rings. The minimum absolute atomic E-state index is 0.259. The Hall–Kier alpha value is -3.48. The number of carbonyl (C=O) groups excluding carboxylic acids is 2. The van der Waals surface area contributed by atoms with Gasteiger partial charge >= 0.3 is 5.97 Å². The van der Waals surface area contributed by atoms with Crippen LogP contribution in [-0.4, -0.2) is 54.5 Å². The molecule has 6 nitrogen and oxygen atoms in total. The first kappa shape index (κ1) is 20.8. The second kappa shape index (κ2) is 8.71. The molecular weight excluding hydrogens is 397 g/mol. The second-order valence-electron chi connectivity index (χ2n) is 7.61. The molecule has 1 saturated heterocycles. The number of aryl methyl sites for hydroxylation is 2. The Kier molecular flexibility index (Phi) is 5.84. The molecule has 160 valence electrons. The van der Waals surface area contributed by atoms with Crippen molar-refractivity contribution in [2.45, 2.75) is 13.8 Å². The molecule has 2 heterocycles. The molecule has 0 atom stereocenters. The predicted octanol–water partition coefficient (Wildman–Crippen LogP) is 3.50. The Morgan fingerprint density at radius 3 is 2.42 bits per heavy atom. The quantitative estimate of drug-likeness (QED) is 0.604. The van der Waals surface area contributed by atoms with Crippen molar-refractivity contribution < 1.29 is 18.7 Å². The molecule has 4 rings (SSSR count). The zero-order valence-electron chi connectivity index (χ0n) is 17.6. The van der Waals surface area contributed by atoms with Crippen LogP contribution in [0.1, 0.15) is 21.6 Å². The maximum Gasteiger partial charge on any atom is 0.340 e. The summed E-state index contributed by atoms with van der Waals surface area (Å²) < 4.78 is 19.3. The standard InChI is InChI=1S/C24H24FN3O3/c1-16-18-7-3-5-9-20(18)26-17(2)23(16)24(30)31-15-22(29)28-13-11-27(12-14-28)21-10-6-4-8-19(21)25/h3-10H,11-15H2,1-2H3. The smallest absolute Gasteiger partial charge is 0.340 e. The van der Waals surface area contributed by atoms with Crippen LogP contribution in [0.2, 0.25) is 0 Å². The zero-order valence-corrected chi connectivity index (χ0v) is 17.6. The lowest BCUT2D eigenvalue weighted by Gasteiger charge is -2.36. The molecule has 1 aliphatic rings. The van der Waals surface area contributed by atoms with Crippen molar-refractivity contribution in [3.8, 4) is 0 Å². The van der Waals surface area contributed by atoms with Gasteiger partial charge in [-0.1, -0.05) is 30.3 Å². The Balaban J connectivity index is 1.37. The highest BCUT2D eigenvalue weighted by molar-refractivity contribution is 5.99. The third kappa shape index (κ3) is 4.21. The van der Waals surface area contributed by atoms with E-state index in [9.17, 15) is 14.0 Å². The number of pyridine rings is 1. The summed E-state index contributed by atoms with van der Waals surface area (Å²) in [7, 11) is 0. The monoisotopic (exact) mass is 421 g/mol. The van der Waals surface area contributed by atoms with Gasteiger partial charge in [0.05, 0.1) is 22.5 Å². The number of carbonyl (C=O) groups is 2. The average molecular weight is 421 g/mol. The maximum absolute atomic E-state index is 14.0. The van der Waals surface area contributed by atoms with Crippen molar-refractivity contribution >= 4 is 28.5 Å². The second-order valence-corrected chi connectivity index (χ2v) is 7.61. The molecule has 31 heavy (non-hydrogen) atoms. The number of amides is 1. The van der Waals surface area contributed by atoms with Gasteiger partial charge in [-0.3, -0.25) is 9.78 Å². The van der Waals surface area contributed by atoms with Crippen molar-refractivity contribution in [2.75, 3.05) is 37.7 Å². The molecule has 0 N–H and O–H groups in total. The molecular formula is C24H24FN3O3. The summed E-state index contributed by atoms with van der Waals surface area (Å²) in [5.74, 6) is -1.08. The molecule has 1 fully saturated rings. The van der Waals surface area contributed by atoms with Crippen molar-refractivity contribution in [3.63, 3.8) is 0 Å². The van der Waals surface area contributed by atoms with Gasteiger partial charge in [0.1, 0.15) is 5.82 Å². The van der Waals surface area contributed by atoms with Gasteiger partial charge in [0.25, 0.3) is 5.91 Å². The summed E-state index contributed by atoms with van der Waals surface area (Å²) >= 11 is 0. The molecule has 1 aromatic heterocycles. The number of benzene rings is 2. The number of anilines is 1. The van der Waals surface area contributed by atoms with Gasteiger partial charge in [-0.15, -0.1) is 0 Å². The molecule has 7 heteroatoms. The van der Waals surface area contributed by atoms with Gasteiger partial charge in [0, 0.05) is 31.6 Å². The van der Waals surface area contributed by atoms with Crippen LogP contribution >= 0.6 is 0 Å². The number of hydrogen-bond acceptors (Lipinski definition) is 5. The van der Waals surface area contributed by atoms with Gasteiger partial charge in [0.15, 0.2) is 6.61 Å². The lowest BCUT2D eigenvalue weighted by Crippen LogP contribution is -2.50. The zero-order chi connectivity index (χ0) is 22.0. The van der Waals surface area contributed by atoms with E-state index in [0.717, 1.165) is 16.5 Å². The van der Waals surface area contributed by atoms with Crippen molar-refractivity contribution in [3.05, 3.63) is 71.2 Å². The fourth-order valence-corrected chi connectivity index (χ4v) is 4.03. The van der Waals surface area contributed by atoms with E-state index in [1.54, 1.807) is 30.0 Å². The molecule has 0 aliphatic carbocycles. The molecule has 1 aliphatic heterocycles. The third-order valence-corrected chi connectivity index (χ3v) is 5.69. The number of rotatable bonds is 4. The number of esters is 1. The molecule has 0 radical (unpaired) electrons. The molecule has 0 unspecified atom stereocenters. The van der Waals surface area contributed by atoms with Gasteiger partial charge in [0.2, 0.25) is 0 Å². The fourth-order valence-electron chi connectivity index (χ4n) is 4.03. The highest BCUT2D eigenvalue weighted by Gasteiger charge is 2.24. The predicted molar refractivity (Wildman–Crippen MR) is 117 cm³/mol. The molecule has 0 bridgehead atoms. The fraction of sp³-hybridized carbons (Fsp3) is 0.292. The van der Waals surface area contributed by atoms with E-state index >= 15 is 0 Å². The number of ether oxygens (including phenoxy) is 1. The molecule has 0 saturated carbocycles. The SMILES string of the molecule is Cc1nc2ccccc2c(C)c1C(=O)OCC(=O)N1CCN(c2ccccc2F)CC1. The lowest BCUT2D eigenvalue weighted by atomic mass is 10.0. The van der Waals surface area contributed by atoms with E-state index in [4.69, 9.17) is 4.74 Å². The first-order valence-electron chi connectivity index (χ1n) is 10.3. The van der Waals surface area contributed by atoms with Crippen LogP contribution in [0, 0.1) is 19.7 Å². The van der Waals surface area contributed by atoms with Crippen molar-refractivity contribution in [2.24, 2.45) is 0 Å². The number of nitrogens with zero attached hydrogens (tertiary/aromatic N) is 3. The van der Waals surface area contributed by atoms with Crippen LogP contribution in [0.25, 0.3) is 10.9 Å². The third-order valence-electron chi connectivity index (χ3n) is 5.69. The first-order valence-corrected chi connectivity index (χ1v) is 10.3. The van der Waals surface area contributed by atoms with E-state index in [0.29, 0.717) is 43.1 Å². The molecule has 1 amide bonds. The number of hydrogen-bond donors (Lipinski definition) is 0. The summed E-state index contributed by atoms with van der Waals surface area (Å²) in [6.45, 7) is 5.23. The minimum atomic E-state index is -0.549. The highest BCUT2D eigenvalue weighted by atomic mass is 19.1. The molecule has 0 spiro atoms. The van der Waals surface area contributed by atoms with E-state index in [2.05, 4.69) is 4.98 Å². The van der Waals surface area contributed by atoms with Crippen molar-refractivity contribution in [1.29, 1.82) is 0 Å². The van der Waals surface area contributed by atoms with Crippen LogP contribution in [0.15, 0.2) is 48.5 Å². The van der Waals surface area contributed by atoms with E-state index < -0.39 is 5.97 Å². The average Bonchev–Trinajstić information content (AvgIpc) is 2.78. The Bertz CT molecular complexity index is 1140. The van der Waals surface area contributed by atoms with Gasteiger partial charge in [-0.05, 0) is 37.6 Å². The van der Waals surface area contributed by atoms with E-state index in [-0.39, 0.29) is 18.3 Å². The summed E-state index contributed by atoms with van der Waals surface area (Å²) in [5.41, 5.74) is 3.12. The summed E-state index contributed by atoms with van der Waals surface area (Å²) in [6, 6.07) is 14.2. The van der Waals surface area contributed by atoms with Gasteiger partial charge < -0.3 is 14.5 Å². The summed E-state index contributed by atoms with van der Waals surface area (Å²) in [6.07, 6.45) is 0. The number of fused-ring (bicyclic) bond motifs is 1. The first-order chi connectivity index (χ1) is 15.0. The number of para-hydroxylation sites is 2. The lowest BCUT2D eigenvalue weighted by molar-refractivity contribution is -0.134. The number of aromatic nitrogens is 1. The molecule has 2 aromatic carbocycles. The summed E-state index contributed by atoms with van der Waals surface area (Å²) in [5, 5.41) is 0.885. The van der Waals surface area contributed by atoms with Crippen LogP contribution in [0.5, 0.6) is 0 Å². The number of halogens is 1. The van der Waals surface area contributed by atoms with Gasteiger partial charge in [-0.2, -0.15) is 0 Å². The normalized spacial score (nSPS) is 14.0. The van der Waals surface area contributed by atoms with Crippen LogP contribution in [0.4, 0.5) is 10.1 Å². The van der Waals surface area contributed by atoms with Crippen LogP contribution in [0.3, 0.4) is 0 Å². The largest absolute Gasteiger partial charge is 0.452 e. The van der Waals surface area contributed by atoms with Crippen LogP contribution in [-0.2, 0) is 9.53 Å². The topological polar surface area (TPSA) is 62.7 Å². The van der Waals surface area contributed by atoms with E-state index in [1.807, 2.05) is 36.1 Å². The number of piperazine rings is 1. The highest BCUT2D eigenvalue weighted by Crippen LogP contribution is 2.23. The Morgan fingerprint density at radius 1 is 1.00 bits per heavy atom. The Labute approximate surface area is 180 Å². The minimum Gasteiger partial charge on any atom is -0.452 e. The Morgan fingerprint density at radius 2 is 1.68 bits per heavy atom.